The highest BCUT2D eigenvalue weighted by Crippen LogP contribution is 2.25. The third-order valence-electron chi connectivity index (χ3n) is 3.53. The maximum atomic E-state index is 12.3. The van der Waals surface area contributed by atoms with Gasteiger partial charge in [-0.3, -0.25) is 9.78 Å². The molecule has 0 aliphatic heterocycles. The Hall–Kier alpha value is -2.07. The van der Waals surface area contributed by atoms with Gasteiger partial charge in [-0.15, -0.1) is 0 Å². The number of carbonyl (C=O) groups is 1. The molecule has 0 aliphatic carbocycles. The summed E-state index contributed by atoms with van der Waals surface area (Å²) in [6.07, 6.45) is 3.67. The molecule has 0 fully saturated rings. The number of likely N-dealkylation sites (N-methyl/N-ethyl adjacent to an activating group) is 1. The van der Waals surface area contributed by atoms with E-state index in [1.54, 1.807) is 36.5 Å². The number of phenols is 1. The first-order valence-corrected chi connectivity index (χ1v) is 7.00. The molecule has 21 heavy (non-hydrogen) atoms. The molecule has 1 atom stereocenters. The molecule has 0 spiro atoms. The van der Waals surface area contributed by atoms with E-state index in [9.17, 15) is 9.90 Å². The van der Waals surface area contributed by atoms with Crippen molar-refractivity contribution in [2.45, 2.75) is 19.4 Å². The molecule has 1 N–H and O–H groups in total. The van der Waals surface area contributed by atoms with Crippen LogP contribution in [0.5, 0.6) is 5.75 Å². The van der Waals surface area contributed by atoms with Crippen molar-refractivity contribution in [3.63, 3.8) is 0 Å². The van der Waals surface area contributed by atoms with Crippen LogP contribution in [0.3, 0.4) is 0 Å². The molecule has 0 bridgehead atoms. The van der Waals surface area contributed by atoms with Crippen molar-refractivity contribution in [1.82, 2.24) is 9.88 Å². The average Bonchev–Trinajstić information content (AvgIpc) is 2.50. The number of aromatic hydroxyl groups is 1. The number of hydrogen-bond donors (Lipinski definition) is 1. The van der Waals surface area contributed by atoms with Crippen LogP contribution in [0.25, 0.3) is 0 Å². The van der Waals surface area contributed by atoms with Crippen LogP contribution in [-0.4, -0.2) is 27.9 Å². The van der Waals surface area contributed by atoms with E-state index < -0.39 is 0 Å². The van der Waals surface area contributed by atoms with E-state index in [1.807, 2.05) is 19.1 Å². The Balaban J connectivity index is 2.07. The van der Waals surface area contributed by atoms with Gasteiger partial charge < -0.3 is 10.0 Å². The fourth-order valence-corrected chi connectivity index (χ4v) is 2.24. The third kappa shape index (κ3) is 3.73. The second-order valence-electron chi connectivity index (χ2n) is 4.92. The van der Waals surface area contributed by atoms with Gasteiger partial charge in [0, 0.05) is 19.4 Å². The molecule has 1 amide bonds. The predicted octanol–water partition coefficient (Wildman–Crippen LogP) is 3.20. The van der Waals surface area contributed by atoms with Gasteiger partial charge in [0.1, 0.15) is 5.75 Å². The van der Waals surface area contributed by atoms with Crippen LogP contribution in [0.1, 0.15) is 24.1 Å². The number of benzene rings is 1. The van der Waals surface area contributed by atoms with Gasteiger partial charge in [-0.05, 0) is 42.3 Å². The zero-order valence-electron chi connectivity index (χ0n) is 12.0. The lowest BCUT2D eigenvalue weighted by Gasteiger charge is -2.25. The second-order valence-corrected chi connectivity index (χ2v) is 5.33. The molecule has 0 saturated carbocycles. The van der Waals surface area contributed by atoms with Crippen molar-refractivity contribution in [2.75, 3.05) is 7.05 Å². The molecule has 0 unspecified atom stereocenters. The van der Waals surface area contributed by atoms with E-state index in [2.05, 4.69) is 4.98 Å². The molecule has 2 rings (SSSR count). The molecule has 0 radical (unpaired) electrons. The Bertz CT molecular complexity index is 631. The van der Waals surface area contributed by atoms with Crippen molar-refractivity contribution in [3.8, 4) is 5.75 Å². The van der Waals surface area contributed by atoms with Gasteiger partial charge in [0.15, 0.2) is 0 Å². The van der Waals surface area contributed by atoms with Crippen molar-refractivity contribution in [2.24, 2.45) is 0 Å². The standard InChI is InChI=1S/C16H17ClN2O2/c1-11(13-5-7-18-8-6-13)19(2)16(21)10-12-3-4-15(20)14(17)9-12/h3-9,11,20H,10H2,1-2H3/t11-/m0/s1. The number of rotatable bonds is 4. The highest BCUT2D eigenvalue weighted by molar-refractivity contribution is 6.32. The normalized spacial score (nSPS) is 12.0. The summed E-state index contributed by atoms with van der Waals surface area (Å²) in [7, 11) is 1.77. The van der Waals surface area contributed by atoms with E-state index in [0.29, 0.717) is 0 Å². The number of hydrogen-bond acceptors (Lipinski definition) is 3. The van der Waals surface area contributed by atoms with Crippen molar-refractivity contribution in [3.05, 3.63) is 58.9 Å². The Morgan fingerprint density at radius 3 is 2.62 bits per heavy atom. The van der Waals surface area contributed by atoms with Crippen molar-refractivity contribution in [1.29, 1.82) is 0 Å². The number of carbonyl (C=O) groups excluding carboxylic acids is 1. The van der Waals surface area contributed by atoms with Crippen LogP contribution in [0, 0.1) is 0 Å². The van der Waals surface area contributed by atoms with Crippen LogP contribution < -0.4 is 0 Å². The summed E-state index contributed by atoms with van der Waals surface area (Å²) < 4.78 is 0. The lowest BCUT2D eigenvalue weighted by atomic mass is 10.1. The SMILES string of the molecule is C[C@@H](c1ccncc1)N(C)C(=O)Cc1ccc(O)c(Cl)c1. The quantitative estimate of drug-likeness (QED) is 0.943. The average molecular weight is 305 g/mol. The molecular formula is C16H17ClN2O2. The highest BCUT2D eigenvalue weighted by atomic mass is 35.5. The van der Waals surface area contributed by atoms with Gasteiger partial charge in [0.2, 0.25) is 5.91 Å². The van der Waals surface area contributed by atoms with Crippen LogP contribution in [0.4, 0.5) is 0 Å². The first kappa shape index (κ1) is 15.3. The first-order valence-electron chi connectivity index (χ1n) is 6.62. The van der Waals surface area contributed by atoms with Gasteiger partial charge in [0.25, 0.3) is 0 Å². The molecule has 4 nitrogen and oxygen atoms in total. The smallest absolute Gasteiger partial charge is 0.227 e. The molecular weight excluding hydrogens is 288 g/mol. The van der Waals surface area contributed by atoms with E-state index in [1.165, 1.54) is 6.07 Å². The minimum Gasteiger partial charge on any atom is -0.506 e. The number of phenolic OH excluding ortho intramolecular Hbond substituents is 1. The Morgan fingerprint density at radius 2 is 2.00 bits per heavy atom. The Kier molecular flexibility index (Phi) is 4.81. The zero-order chi connectivity index (χ0) is 15.4. The summed E-state index contributed by atoms with van der Waals surface area (Å²) in [6, 6.07) is 8.56. The van der Waals surface area contributed by atoms with Crippen LogP contribution in [-0.2, 0) is 11.2 Å². The molecule has 1 aromatic carbocycles. The summed E-state index contributed by atoms with van der Waals surface area (Å²) in [5, 5.41) is 9.65. The number of pyridine rings is 1. The summed E-state index contributed by atoms with van der Waals surface area (Å²) >= 11 is 5.85. The monoisotopic (exact) mass is 304 g/mol. The minimum absolute atomic E-state index is 0.0129. The van der Waals surface area contributed by atoms with Gasteiger partial charge in [-0.25, -0.2) is 0 Å². The Labute approximate surface area is 129 Å². The number of aromatic nitrogens is 1. The van der Waals surface area contributed by atoms with Crippen molar-refractivity contribution >= 4 is 17.5 Å². The summed E-state index contributed by atoms with van der Waals surface area (Å²) in [5.41, 5.74) is 1.81. The molecule has 1 heterocycles. The summed E-state index contributed by atoms with van der Waals surface area (Å²) in [6.45, 7) is 1.97. The Morgan fingerprint density at radius 1 is 1.33 bits per heavy atom. The number of amides is 1. The second kappa shape index (κ2) is 6.59. The predicted molar refractivity (Wildman–Crippen MR) is 82.2 cm³/mol. The first-order chi connectivity index (χ1) is 9.99. The molecule has 0 aliphatic rings. The van der Waals surface area contributed by atoms with Crippen molar-refractivity contribution < 1.29 is 9.90 Å². The topological polar surface area (TPSA) is 53.4 Å². The van der Waals surface area contributed by atoms with E-state index >= 15 is 0 Å². The van der Waals surface area contributed by atoms with Gasteiger partial charge in [-0.2, -0.15) is 0 Å². The summed E-state index contributed by atoms with van der Waals surface area (Å²) in [5.74, 6) is 0.00689. The fourth-order valence-electron chi connectivity index (χ4n) is 2.04. The van der Waals surface area contributed by atoms with E-state index in [4.69, 9.17) is 11.6 Å². The molecule has 1 aromatic heterocycles. The lowest BCUT2D eigenvalue weighted by Crippen LogP contribution is -2.30. The minimum atomic E-state index is -0.0342. The third-order valence-corrected chi connectivity index (χ3v) is 3.83. The highest BCUT2D eigenvalue weighted by Gasteiger charge is 2.17. The van der Waals surface area contributed by atoms with Gasteiger partial charge in [0.05, 0.1) is 17.5 Å². The van der Waals surface area contributed by atoms with Crippen LogP contribution in [0.15, 0.2) is 42.7 Å². The van der Waals surface area contributed by atoms with Crippen LogP contribution >= 0.6 is 11.6 Å². The number of halogens is 1. The van der Waals surface area contributed by atoms with Gasteiger partial charge in [-0.1, -0.05) is 17.7 Å². The molecule has 0 saturated heterocycles. The van der Waals surface area contributed by atoms with Crippen LogP contribution in [0.2, 0.25) is 5.02 Å². The molecule has 2 aromatic rings. The summed E-state index contributed by atoms with van der Waals surface area (Å²) in [4.78, 5) is 18.0. The van der Waals surface area contributed by atoms with E-state index in [0.717, 1.165) is 11.1 Å². The largest absolute Gasteiger partial charge is 0.506 e. The molecule has 5 heteroatoms. The fraction of sp³-hybridized carbons (Fsp3) is 0.250. The molecule has 110 valence electrons. The maximum absolute atomic E-state index is 12.3. The lowest BCUT2D eigenvalue weighted by molar-refractivity contribution is -0.131. The number of nitrogens with zero attached hydrogens (tertiary/aromatic N) is 2. The zero-order valence-corrected chi connectivity index (χ0v) is 12.7. The van der Waals surface area contributed by atoms with E-state index in [-0.39, 0.29) is 29.1 Å². The van der Waals surface area contributed by atoms with Gasteiger partial charge >= 0.3 is 0 Å². The maximum Gasteiger partial charge on any atom is 0.227 e.